The molecule has 2 aromatic rings. The largest absolute Gasteiger partial charge is 0.462 e. The summed E-state index contributed by atoms with van der Waals surface area (Å²) in [5, 5.41) is 1.89. The Labute approximate surface area is 123 Å². The van der Waals surface area contributed by atoms with Crippen molar-refractivity contribution in [1.29, 1.82) is 0 Å². The summed E-state index contributed by atoms with van der Waals surface area (Å²) < 4.78 is 42.8. The van der Waals surface area contributed by atoms with Crippen molar-refractivity contribution in [1.82, 2.24) is 0 Å². The van der Waals surface area contributed by atoms with Crippen LogP contribution in [0.2, 0.25) is 0 Å². The number of thiophene rings is 1. The second kappa shape index (κ2) is 6.17. The van der Waals surface area contributed by atoms with Crippen LogP contribution in [0.5, 0.6) is 0 Å². The number of nitrogen functional groups attached to an aromatic ring is 1. The van der Waals surface area contributed by atoms with Gasteiger partial charge in [-0.25, -0.2) is 4.79 Å². The van der Waals surface area contributed by atoms with Gasteiger partial charge in [0.2, 0.25) is 0 Å². The first-order chi connectivity index (χ1) is 9.88. The van der Waals surface area contributed by atoms with Crippen LogP contribution in [0.1, 0.15) is 20.8 Å². The van der Waals surface area contributed by atoms with Gasteiger partial charge in [-0.05, 0) is 29.6 Å². The van der Waals surface area contributed by atoms with Crippen LogP contribution in [0, 0.1) is 0 Å². The average molecular weight is 315 g/mol. The Balaban J connectivity index is 2.04. The first kappa shape index (κ1) is 15.4. The van der Waals surface area contributed by atoms with E-state index in [1.807, 2.05) is 17.5 Å². The van der Waals surface area contributed by atoms with Crippen LogP contribution >= 0.6 is 11.3 Å². The molecular weight excluding hydrogens is 303 g/mol. The maximum atomic E-state index is 12.6. The third-order valence-corrected chi connectivity index (χ3v) is 3.70. The zero-order chi connectivity index (χ0) is 15.5. The Bertz CT molecular complexity index is 624. The third-order valence-electron chi connectivity index (χ3n) is 2.76. The van der Waals surface area contributed by atoms with Crippen molar-refractivity contribution in [3.63, 3.8) is 0 Å². The SMILES string of the molecule is Nc1ccc(C(F)(F)F)cc1C(=O)OCCc1cccs1. The van der Waals surface area contributed by atoms with E-state index in [-0.39, 0.29) is 17.9 Å². The molecule has 3 nitrogen and oxygen atoms in total. The highest BCUT2D eigenvalue weighted by molar-refractivity contribution is 7.09. The molecule has 0 saturated carbocycles. The van der Waals surface area contributed by atoms with E-state index in [9.17, 15) is 18.0 Å². The first-order valence-electron chi connectivity index (χ1n) is 6.04. The number of alkyl halides is 3. The molecule has 0 atom stereocenters. The maximum absolute atomic E-state index is 12.6. The van der Waals surface area contributed by atoms with E-state index in [0.29, 0.717) is 12.5 Å². The van der Waals surface area contributed by atoms with E-state index in [2.05, 4.69) is 0 Å². The number of benzene rings is 1. The standard InChI is InChI=1S/C14H12F3NO2S/c15-14(16,17)9-3-4-12(18)11(8-9)13(19)20-6-5-10-2-1-7-21-10/h1-4,7-8H,5-6,18H2. The quantitative estimate of drug-likeness (QED) is 0.690. The lowest BCUT2D eigenvalue weighted by atomic mass is 10.1. The highest BCUT2D eigenvalue weighted by Crippen LogP contribution is 2.31. The van der Waals surface area contributed by atoms with Crippen LogP contribution in [0.15, 0.2) is 35.7 Å². The summed E-state index contributed by atoms with van der Waals surface area (Å²) in [6, 6.07) is 6.35. The van der Waals surface area contributed by atoms with Crippen LogP contribution in [0.4, 0.5) is 18.9 Å². The molecule has 1 aromatic heterocycles. The molecule has 0 unspecified atom stereocenters. The molecule has 1 heterocycles. The van der Waals surface area contributed by atoms with Gasteiger partial charge in [-0.1, -0.05) is 6.07 Å². The summed E-state index contributed by atoms with van der Waals surface area (Å²) in [5.74, 6) is -0.852. The molecular formula is C14H12F3NO2S. The fourth-order valence-electron chi connectivity index (χ4n) is 1.69. The van der Waals surface area contributed by atoms with Gasteiger partial charge in [0.05, 0.1) is 17.7 Å². The Hall–Kier alpha value is -2.02. The van der Waals surface area contributed by atoms with Gasteiger partial charge in [0.15, 0.2) is 0 Å². The number of nitrogens with two attached hydrogens (primary N) is 1. The number of halogens is 3. The lowest BCUT2D eigenvalue weighted by Crippen LogP contribution is -2.13. The van der Waals surface area contributed by atoms with Crippen molar-refractivity contribution in [3.05, 3.63) is 51.7 Å². The van der Waals surface area contributed by atoms with Crippen LogP contribution < -0.4 is 5.73 Å². The zero-order valence-electron chi connectivity index (χ0n) is 10.8. The topological polar surface area (TPSA) is 52.3 Å². The first-order valence-corrected chi connectivity index (χ1v) is 6.92. The van der Waals surface area contributed by atoms with E-state index in [1.165, 1.54) is 11.3 Å². The Kier molecular flexibility index (Phi) is 4.52. The monoisotopic (exact) mass is 315 g/mol. The van der Waals surface area contributed by atoms with Gasteiger partial charge in [-0.2, -0.15) is 13.2 Å². The molecule has 0 radical (unpaired) electrons. The number of carbonyl (C=O) groups excluding carboxylic acids is 1. The van der Waals surface area contributed by atoms with Crippen molar-refractivity contribution in [2.75, 3.05) is 12.3 Å². The minimum absolute atomic E-state index is 0.0378. The lowest BCUT2D eigenvalue weighted by molar-refractivity contribution is -0.137. The number of anilines is 1. The van der Waals surface area contributed by atoms with Crippen molar-refractivity contribution in [2.45, 2.75) is 12.6 Å². The molecule has 2 N–H and O–H groups in total. The predicted molar refractivity (Wildman–Crippen MR) is 74.2 cm³/mol. The molecule has 21 heavy (non-hydrogen) atoms. The summed E-state index contributed by atoms with van der Waals surface area (Å²) in [7, 11) is 0. The third kappa shape index (κ3) is 3.98. The number of ether oxygens (including phenoxy) is 1. The van der Waals surface area contributed by atoms with E-state index < -0.39 is 17.7 Å². The van der Waals surface area contributed by atoms with Gasteiger partial charge in [0.25, 0.3) is 0 Å². The summed E-state index contributed by atoms with van der Waals surface area (Å²) in [5.41, 5.74) is 4.30. The molecule has 7 heteroatoms. The molecule has 0 bridgehead atoms. The number of carbonyl (C=O) groups is 1. The molecule has 2 rings (SSSR count). The van der Waals surface area contributed by atoms with Crippen molar-refractivity contribution in [3.8, 4) is 0 Å². The highest BCUT2D eigenvalue weighted by atomic mass is 32.1. The fourth-order valence-corrected chi connectivity index (χ4v) is 2.38. The van der Waals surface area contributed by atoms with Crippen LogP contribution in [-0.4, -0.2) is 12.6 Å². The summed E-state index contributed by atoms with van der Waals surface area (Å²) in [4.78, 5) is 12.8. The van der Waals surface area contributed by atoms with Gasteiger partial charge in [-0.3, -0.25) is 0 Å². The molecule has 0 aliphatic heterocycles. The van der Waals surface area contributed by atoms with Crippen molar-refractivity contribution in [2.24, 2.45) is 0 Å². The summed E-state index contributed by atoms with van der Waals surface area (Å²) >= 11 is 1.51. The van der Waals surface area contributed by atoms with Gasteiger partial charge in [-0.15, -0.1) is 11.3 Å². The maximum Gasteiger partial charge on any atom is 0.416 e. The molecule has 0 fully saturated rings. The number of rotatable bonds is 4. The van der Waals surface area contributed by atoms with Gasteiger partial charge < -0.3 is 10.5 Å². The van der Waals surface area contributed by atoms with Crippen LogP contribution in [-0.2, 0) is 17.3 Å². The lowest BCUT2D eigenvalue weighted by Gasteiger charge is -2.11. The second-order valence-corrected chi connectivity index (χ2v) is 5.30. The number of hydrogen-bond donors (Lipinski definition) is 1. The van der Waals surface area contributed by atoms with E-state index >= 15 is 0 Å². The number of hydrogen-bond acceptors (Lipinski definition) is 4. The number of esters is 1. The Morgan fingerprint density at radius 2 is 2.05 bits per heavy atom. The van der Waals surface area contributed by atoms with Crippen LogP contribution in [0.3, 0.4) is 0 Å². The second-order valence-electron chi connectivity index (χ2n) is 4.27. The smallest absolute Gasteiger partial charge is 0.416 e. The highest BCUT2D eigenvalue weighted by Gasteiger charge is 2.31. The summed E-state index contributed by atoms with van der Waals surface area (Å²) in [6.45, 7) is 0.0923. The van der Waals surface area contributed by atoms with Crippen LogP contribution in [0.25, 0.3) is 0 Å². The van der Waals surface area contributed by atoms with Gasteiger partial charge in [0, 0.05) is 17.0 Å². The average Bonchev–Trinajstić information content (AvgIpc) is 2.91. The van der Waals surface area contributed by atoms with E-state index in [4.69, 9.17) is 10.5 Å². The normalized spacial score (nSPS) is 11.4. The molecule has 0 aliphatic carbocycles. The Morgan fingerprint density at radius 3 is 2.67 bits per heavy atom. The van der Waals surface area contributed by atoms with Crippen molar-refractivity contribution < 1.29 is 22.7 Å². The summed E-state index contributed by atoms with van der Waals surface area (Å²) in [6.07, 6.45) is -4.01. The molecule has 0 spiro atoms. The zero-order valence-corrected chi connectivity index (χ0v) is 11.6. The van der Waals surface area contributed by atoms with E-state index in [0.717, 1.165) is 17.0 Å². The predicted octanol–water partition coefficient (Wildman–Crippen LogP) is 3.75. The van der Waals surface area contributed by atoms with Crippen molar-refractivity contribution >= 4 is 23.0 Å². The van der Waals surface area contributed by atoms with E-state index in [1.54, 1.807) is 0 Å². The molecule has 112 valence electrons. The molecule has 0 saturated heterocycles. The molecule has 0 aliphatic rings. The Morgan fingerprint density at radius 1 is 1.29 bits per heavy atom. The fraction of sp³-hybridized carbons (Fsp3) is 0.214. The van der Waals surface area contributed by atoms with Gasteiger partial charge in [0.1, 0.15) is 0 Å². The van der Waals surface area contributed by atoms with Gasteiger partial charge >= 0.3 is 12.1 Å². The minimum atomic E-state index is -4.53. The molecule has 1 aromatic carbocycles. The molecule has 0 amide bonds. The minimum Gasteiger partial charge on any atom is -0.462 e.